The summed E-state index contributed by atoms with van der Waals surface area (Å²) in [5.41, 5.74) is 1.39. The highest BCUT2D eigenvalue weighted by Gasteiger charge is 2.39. The summed E-state index contributed by atoms with van der Waals surface area (Å²) in [5, 5.41) is 11.6. The van der Waals surface area contributed by atoms with Gasteiger partial charge < -0.3 is 15.2 Å². The fraction of sp³-hybridized carbons (Fsp3) is 0.529. The second kappa shape index (κ2) is 6.81. The van der Waals surface area contributed by atoms with Gasteiger partial charge in [0.1, 0.15) is 5.75 Å². The topological polar surface area (TPSA) is 75.6 Å². The predicted octanol–water partition coefficient (Wildman–Crippen LogP) is 3.37. The summed E-state index contributed by atoms with van der Waals surface area (Å²) >= 11 is 0. The molecule has 0 radical (unpaired) electrons. The first-order chi connectivity index (χ1) is 10.5. The minimum absolute atomic E-state index is 0.0924. The molecule has 0 atom stereocenters. The zero-order valence-corrected chi connectivity index (χ0v) is 13.1. The van der Waals surface area contributed by atoms with Gasteiger partial charge in [-0.3, -0.25) is 4.79 Å². The molecule has 0 spiro atoms. The summed E-state index contributed by atoms with van der Waals surface area (Å²) in [6.07, 6.45) is 4.99. The minimum atomic E-state index is -1.01. The van der Waals surface area contributed by atoms with Crippen LogP contribution in [-0.4, -0.2) is 23.6 Å². The number of aliphatic carboxylic acids is 1. The van der Waals surface area contributed by atoms with Gasteiger partial charge >= 0.3 is 5.97 Å². The zero-order chi connectivity index (χ0) is 16.2. The highest BCUT2D eigenvalue weighted by atomic mass is 16.5. The number of ether oxygens (including phenoxy) is 1. The van der Waals surface area contributed by atoms with E-state index in [-0.39, 0.29) is 17.9 Å². The molecule has 1 amide bonds. The number of carboxylic acid groups (broad SMARTS) is 1. The molecule has 22 heavy (non-hydrogen) atoms. The van der Waals surface area contributed by atoms with Crippen molar-refractivity contribution in [3.05, 3.63) is 23.8 Å². The first-order valence-corrected chi connectivity index (χ1v) is 7.73. The van der Waals surface area contributed by atoms with Crippen molar-refractivity contribution in [3.8, 4) is 5.75 Å². The van der Waals surface area contributed by atoms with Gasteiger partial charge in [-0.25, -0.2) is 4.79 Å². The SMILES string of the molecule is CCC1(C(=O)Nc2ccc(OCC(=O)O)cc2C)CCCC1. The van der Waals surface area contributed by atoms with Crippen LogP contribution >= 0.6 is 0 Å². The van der Waals surface area contributed by atoms with E-state index in [1.54, 1.807) is 18.2 Å². The van der Waals surface area contributed by atoms with Gasteiger partial charge in [0.2, 0.25) is 5.91 Å². The van der Waals surface area contributed by atoms with Crippen LogP contribution in [0.1, 0.15) is 44.6 Å². The van der Waals surface area contributed by atoms with Crippen LogP contribution in [0.25, 0.3) is 0 Å². The van der Waals surface area contributed by atoms with Crippen LogP contribution in [-0.2, 0) is 9.59 Å². The van der Waals surface area contributed by atoms with Crippen LogP contribution in [0.5, 0.6) is 5.75 Å². The van der Waals surface area contributed by atoms with Gasteiger partial charge in [0.15, 0.2) is 6.61 Å². The Morgan fingerprint density at radius 3 is 2.55 bits per heavy atom. The largest absolute Gasteiger partial charge is 0.482 e. The Labute approximate surface area is 130 Å². The molecule has 5 nitrogen and oxygen atoms in total. The van der Waals surface area contributed by atoms with Gasteiger partial charge in [-0.1, -0.05) is 19.8 Å². The van der Waals surface area contributed by atoms with Crippen molar-refractivity contribution in [1.82, 2.24) is 0 Å². The molecule has 1 fully saturated rings. The van der Waals surface area contributed by atoms with Crippen molar-refractivity contribution >= 4 is 17.6 Å². The third-order valence-electron chi connectivity index (χ3n) is 4.53. The molecule has 0 saturated heterocycles. The standard InChI is InChI=1S/C17H23NO4/c1-3-17(8-4-5-9-17)16(21)18-14-7-6-13(10-12(14)2)22-11-15(19)20/h6-7,10H,3-5,8-9,11H2,1-2H3,(H,18,21)(H,19,20). The molecular formula is C17H23NO4. The van der Waals surface area contributed by atoms with Crippen molar-refractivity contribution in [3.63, 3.8) is 0 Å². The Morgan fingerprint density at radius 1 is 1.32 bits per heavy atom. The lowest BCUT2D eigenvalue weighted by Crippen LogP contribution is -2.33. The van der Waals surface area contributed by atoms with E-state index in [9.17, 15) is 9.59 Å². The Morgan fingerprint density at radius 2 is 2.00 bits per heavy atom. The molecule has 2 N–H and O–H groups in total. The first-order valence-electron chi connectivity index (χ1n) is 7.73. The van der Waals surface area contributed by atoms with Crippen LogP contribution in [0, 0.1) is 12.3 Å². The summed E-state index contributed by atoms with van der Waals surface area (Å²) in [4.78, 5) is 23.1. The second-order valence-corrected chi connectivity index (χ2v) is 5.95. The molecule has 0 bridgehead atoms. The van der Waals surface area contributed by atoms with Crippen molar-refractivity contribution in [2.24, 2.45) is 5.41 Å². The molecule has 0 heterocycles. The number of aryl methyl sites for hydroxylation is 1. The van der Waals surface area contributed by atoms with E-state index in [1.165, 1.54) is 0 Å². The monoisotopic (exact) mass is 305 g/mol. The highest BCUT2D eigenvalue weighted by molar-refractivity contribution is 5.96. The smallest absolute Gasteiger partial charge is 0.341 e. The molecule has 2 rings (SSSR count). The lowest BCUT2D eigenvalue weighted by Gasteiger charge is -2.26. The van der Waals surface area contributed by atoms with Crippen LogP contribution in [0.3, 0.4) is 0 Å². The molecule has 1 saturated carbocycles. The fourth-order valence-electron chi connectivity index (χ4n) is 3.06. The minimum Gasteiger partial charge on any atom is -0.482 e. The van der Waals surface area contributed by atoms with E-state index in [0.29, 0.717) is 5.75 Å². The fourth-order valence-corrected chi connectivity index (χ4v) is 3.06. The summed E-state index contributed by atoms with van der Waals surface area (Å²) in [5.74, 6) is -0.431. The molecule has 1 aliphatic rings. The van der Waals surface area contributed by atoms with E-state index < -0.39 is 5.97 Å². The van der Waals surface area contributed by atoms with Crippen molar-refractivity contribution in [2.75, 3.05) is 11.9 Å². The van der Waals surface area contributed by atoms with Crippen molar-refractivity contribution in [2.45, 2.75) is 46.0 Å². The van der Waals surface area contributed by atoms with E-state index in [2.05, 4.69) is 12.2 Å². The molecule has 0 aromatic heterocycles. The molecular weight excluding hydrogens is 282 g/mol. The number of anilines is 1. The molecule has 0 aliphatic heterocycles. The lowest BCUT2D eigenvalue weighted by atomic mass is 9.82. The first kappa shape index (κ1) is 16.3. The number of nitrogens with one attached hydrogen (secondary N) is 1. The molecule has 0 unspecified atom stereocenters. The molecule has 1 aliphatic carbocycles. The van der Waals surface area contributed by atoms with E-state index >= 15 is 0 Å². The molecule has 5 heteroatoms. The number of carbonyl (C=O) groups excluding carboxylic acids is 1. The summed E-state index contributed by atoms with van der Waals surface area (Å²) in [7, 11) is 0. The Balaban J connectivity index is 2.06. The third-order valence-corrected chi connectivity index (χ3v) is 4.53. The van der Waals surface area contributed by atoms with Gasteiger partial charge in [0, 0.05) is 11.1 Å². The highest BCUT2D eigenvalue weighted by Crippen LogP contribution is 2.42. The van der Waals surface area contributed by atoms with Crippen LogP contribution < -0.4 is 10.1 Å². The van der Waals surface area contributed by atoms with Gasteiger partial charge in [-0.15, -0.1) is 0 Å². The summed E-state index contributed by atoms with van der Waals surface area (Å²) < 4.78 is 5.14. The number of carboxylic acids is 1. The Kier molecular flexibility index (Phi) is 5.06. The summed E-state index contributed by atoms with van der Waals surface area (Å²) in [6.45, 7) is 3.57. The number of hydrogen-bond acceptors (Lipinski definition) is 3. The average Bonchev–Trinajstić information content (AvgIpc) is 2.97. The number of amides is 1. The number of benzene rings is 1. The summed E-state index contributed by atoms with van der Waals surface area (Å²) in [6, 6.07) is 5.19. The maximum Gasteiger partial charge on any atom is 0.341 e. The van der Waals surface area contributed by atoms with E-state index in [1.807, 2.05) is 6.92 Å². The average molecular weight is 305 g/mol. The zero-order valence-electron chi connectivity index (χ0n) is 13.1. The van der Waals surface area contributed by atoms with Crippen LogP contribution in [0.2, 0.25) is 0 Å². The predicted molar refractivity (Wildman–Crippen MR) is 84.1 cm³/mol. The van der Waals surface area contributed by atoms with Gasteiger partial charge in [-0.2, -0.15) is 0 Å². The van der Waals surface area contributed by atoms with E-state index in [0.717, 1.165) is 43.4 Å². The van der Waals surface area contributed by atoms with Crippen molar-refractivity contribution < 1.29 is 19.4 Å². The Bertz CT molecular complexity index is 562. The Hall–Kier alpha value is -2.04. The molecule has 1 aromatic carbocycles. The maximum atomic E-state index is 12.6. The maximum absolute atomic E-state index is 12.6. The number of carbonyl (C=O) groups is 2. The van der Waals surface area contributed by atoms with E-state index in [4.69, 9.17) is 9.84 Å². The third kappa shape index (κ3) is 3.59. The van der Waals surface area contributed by atoms with Crippen LogP contribution in [0.4, 0.5) is 5.69 Å². The normalized spacial score (nSPS) is 16.3. The van der Waals surface area contributed by atoms with Crippen LogP contribution in [0.15, 0.2) is 18.2 Å². The molecule has 1 aromatic rings. The quantitative estimate of drug-likeness (QED) is 0.845. The second-order valence-electron chi connectivity index (χ2n) is 5.95. The lowest BCUT2D eigenvalue weighted by molar-refractivity contribution is -0.139. The number of hydrogen-bond donors (Lipinski definition) is 2. The van der Waals surface area contributed by atoms with Gasteiger partial charge in [0.25, 0.3) is 0 Å². The number of rotatable bonds is 6. The molecule has 120 valence electrons. The van der Waals surface area contributed by atoms with Crippen molar-refractivity contribution in [1.29, 1.82) is 0 Å². The van der Waals surface area contributed by atoms with Gasteiger partial charge in [0.05, 0.1) is 0 Å². The van der Waals surface area contributed by atoms with Gasteiger partial charge in [-0.05, 0) is 49.9 Å².